The van der Waals surface area contributed by atoms with Crippen LogP contribution >= 0.6 is 25.3 Å². The zero-order valence-corrected chi connectivity index (χ0v) is 14.8. The van der Waals surface area contributed by atoms with Gasteiger partial charge in [-0.05, 0) is 25.0 Å². The summed E-state index contributed by atoms with van der Waals surface area (Å²) in [4.78, 5) is 13.0. The van der Waals surface area contributed by atoms with Gasteiger partial charge in [-0.3, -0.25) is 4.79 Å². The van der Waals surface area contributed by atoms with Crippen LogP contribution in [0.25, 0.3) is 0 Å². The van der Waals surface area contributed by atoms with Crippen molar-refractivity contribution in [2.75, 3.05) is 11.5 Å². The summed E-state index contributed by atoms with van der Waals surface area (Å²) in [6.07, 6.45) is 0. The first-order valence-corrected chi connectivity index (χ1v) is 8.72. The number of rotatable bonds is 6. The summed E-state index contributed by atoms with van der Waals surface area (Å²) in [6.45, 7) is 4.09. The number of Topliss-reactive ketones (excluding diaryl/α,β-unsaturated/α-hetero) is 1. The summed E-state index contributed by atoms with van der Waals surface area (Å²) in [7, 11) is 0. The Morgan fingerprint density at radius 2 is 1.09 bits per heavy atom. The van der Waals surface area contributed by atoms with Crippen LogP contribution < -0.4 is 0 Å². The molecule has 0 amide bonds. The molecule has 0 aliphatic carbocycles. The zero-order valence-electron chi connectivity index (χ0n) is 13.0. The van der Waals surface area contributed by atoms with Crippen LogP contribution in [0.2, 0.25) is 0 Å². The largest absolute Gasteiger partial charge is 0.298 e. The van der Waals surface area contributed by atoms with Gasteiger partial charge in [0, 0.05) is 11.5 Å². The average molecular weight is 331 g/mol. The van der Waals surface area contributed by atoms with E-state index < -0.39 is 0 Å². The molecule has 0 saturated carbocycles. The van der Waals surface area contributed by atoms with Crippen molar-refractivity contribution in [3.05, 3.63) is 70.8 Å². The zero-order chi connectivity index (χ0) is 16.1. The lowest BCUT2D eigenvalue weighted by atomic mass is 9.85. The lowest BCUT2D eigenvalue weighted by molar-refractivity contribution is -0.121. The number of carbonyl (C=O) groups excluding carboxylic acids is 1. The van der Waals surface area contributed by atoms with Crippen LogP contribution in [0, 0.1) is 13.8 Å². The summed E-state index contributed by atoms with van der Waals surface area (Å²) >= 11 is 8.82. The van der Waals surface area contributed by atoms with E-state index in [4.69, 9.17) is 0 Å². The Balaban J connectivity index is 2.29. The van der Waals surface area contributed by atoms with Crippen molar-refractivity contribution in [3.63, 3.8) is 0 Å². The van der Waals surface area contributed by atoms with Crippen molar-refractivity contribution in [1.29, 1.82) is 0 Å². The van der Waals surface area contributed by atoms with E-state index in [1.165, 1.54) is 11.1 Å². The molecular formula is C19H22OS2. The maximum atomic E-state index is 13.0. The molecule has 0 aromatic heterocycles. The van der Waals surface area contributed by atoms with Crippen LogP contribution in [0.1, 0.15) is 34.1 Å². The number of ketones is 1. The molecule has 0 aliphatic heterocycles. The van der Waals surface area contributed by atoms with Gasteiger partial charge in [-0.1, -0.05) is 59.7 Å². The van der Waals surface area contributed by atoms with E-state index in [9.17, 15) is 4.79 Å². The van der Waals surface area contributed by atoms with Gasteiger partial charge in [-0.25, -0.2) is 0 Å². The highest BCUT2D eigenvalue weighted by atomic mass is 32.1. The summed E-state index contributed by atoms with van der Waals surface area (Å²) in [5.41, 5.74) is 4.45. The molecule has 0 radical (unpaired) electrons. The molecule has 2 unspecified atom stereocenters. The van der Waals surface area contributed by atoms with Crippen LogP contribution in [-0.2, 0) is 4.79 Å². The van der Waals surface area contributed by atoms with Crippen molar-refractivity contribution in [2.24, 2.45) is 0 Å². The Labute approximate surface area is 144 Å². The number of benzene rings is 2. The highest BCUT2D eigenvalue weighted by Crippen LogP contribution is 2.29. The first-order chi connectivity index (χ1) is 10.6. The van der Waals surface area contributed by atoms with Gasteiger partial charge in [0.15, 0.2) is 0 Å². The number of hydrogen-bond donors (Lipinski definition) is 2. The van der Waals surface area contributed by atoms with Crippen LogP contribution in [0.15, 0.2) is 48.5 Å². The Hall–Kier alpha value is -1.19. The number of thiol groups is 2. The van der Waals surface area contributed by atoms with Crippen molar-refractivity contribution >= 4 is 31.0 Å². The fraction of sp³-hybridized carbons (Fsp3) is 0.316. The Morgan fingerprint density at radius 1 is 0.773 bits per heavy atom. The van der Waals surface area contributed by atoms with Crippen LogP contribution in [0.4, 0.5) is 0 Å². The Bertz CT molecular complexity index is 561. The molecule has 2 aromatic rings. The third-order valence-electron chi connectivity index (χ3n) is 4.01. The normalized spacial score (nSPS) is 13.6. The number of hydrogen-bond acceptors (Lipinski definition) is 3. The van der Waals surface area contributed by atoms with Gasteiger partial charge in [0.05, 0.1) is 11.8 Å². The molecule has 0 N–H and O–H groups in total. The molecule has 22 heavy (non-hydrogen) atoms. The molecule has 0 bridgehead atoms. The van der Waals surface area contributed by atoms with Crippen LogP contribution in [0.5, 0.6) is 0 Å². The molecule has 0 saturated heterocycles. The highest BCUT2D eigenvalue weighted by molar-refractivity contribution is 7.80. The molecule has 2 atom stereocenters. The lowest BCUT2D eigenvalue weighted by Gasteiger charge is -2.21. The van der Waals surface area contributed by atoms with Crippen molar-refractivity contribution in [2.45, 2.75) is 25.7 Å². The van der Waals surface area contributed by atoms with Gasteiger partial charge in [-0.15, -0.1) is 0 Å². The van der Waals surface area contributed by atoms with Gasteiger partial charge < -0.3 is 0 Å². The molecule has 116 valence electrons. The summed E-state index contributed by atoms with van der Waals surface area (Å²) in [6, 6.07) is 16.3. The van der Waals surface area contributed by atoms with Gasteiger partial charge in [0.2, 0.25) is 0 Å². The number of aryl methyl sites for hydroxylation is 2. The van der Waals surface area contributed by atoms with E-state index in [0.29, 0.717) is 11.5 Å². The molecule has 1 nitrogen and oxygen atoms in total. The molecule has 0 spiro atoms. The molecule has 2 rings (SSSR count). The van der Waals surface area contributed by atoms with E-state index in [1.807, 2.05) is 62.4 Å². The van der Waals surface area contributed by atoms with Gasteiger partial charge in [0.1, 0.15) is 5.78 Å². The SMILES string of the molecule is Cc1ccc(C(CS)C(=O)C(CS)c2ccc(C)cc2)cc1. The molecule has 3 heteroatoms. The topological polar surface area (TPSA) is 17.1 Å². The number of carbonyl (C=O) groups is 1. The summed E-state index contributed by atoms with van der Waals surface area (Å²) in [5, 5.41) is 0. The van der Waals surface area contributed by atoms with E-state index >= 15 is 0 Å². The molecule has 2 aromatic carbocycles. The maximum absolute atomic E-state index is 13.0. The maximum Gasteiger partial charge on any atom is 0.149 e. The van der Waals surface area contributed by atoms with Gasteiger partial charge in [-0.2, -0.15) is 25.3 Å². The second-order valence-electron chi connectivity index (χ2n) is 5.69. The van der Waals surface area contributed by atoms with Gasteiger partial charge in [0.25, 0.3) is 0 Å². The van der Waals surface area contributed by atoms with E-state index in [1.54, 1.807) is 0 Å². The van der Waals surface area contributed by atoms with E-state index in [0.717, 1.165) is 11.1 Å². The Kier molecular flexibility index (Phi) is 6.16. The summed E-state index contributed by atoms with van der Waals surface area (Å²) in [5.74, 6) is 0.832. The third-order valence-corrected chi connectivity index (χ3v) is 4.74. The van der Waals surface area contributed by atoms with Crippen molar-refractivity contribution < 1.29 is 4.79 Å². The molecular weight excluding hydrogens is 308 g/mol. The fourth-order valence-corrected chi connectivity index (χ4v) is 3.34. The first-order valence-electron chi connectivity index (χ1n) is 7.45. The van der Waals surface area contributed by atoms with Gasteiger partial charge >= 0.3 is 0 Å². The molecule has 0 heterocycles. The lowest BCUT2D eigenvalue weighted by Crippen LogP contribution is -2.23. The van der Waals surface area contributed by atoms with E-state index in [2.05, 4.69) is 25.3 Å². The van der Waals surface area contributed by atoms with E-state index in [-0.39, 0.29) is 17.6 Å². The highest BCUT2D eigenvalue weighted by Gasteiger charge is 2.27. The summed E-state index contributed by atoms with van der Waals surface area (Å²) < 4.78 is 0. The second kappa shape index (κ2) is 7.89. The third kappa shape index (κ3) is 3.96. The quantitative estimate of drug-likeness (QED) is 0.740. The minimum atomic E-state index is -0.192. The average Bonchev–Trinajstić information content (AvgIpc) is 2.52. The smallest absolute Gasteiger partial charge is 0.149 e. The van der Waals surface area contributed by atoms with Crippen molar-refractivity contribution in [3.8, 4) is 0 Å². The van der Waals surface area contributed by atoms with Crippen molar-refractivity contribution in [1.82, 2.24) is 0 Å². The van der Waals surface area contributed by atoms with Crippen LogP contribution in [0.3, 0.4) is 0 Å². The predicted molar refractivity (Wildman–Crippen MR) is 101 cm³/mol. The van der Waals surface area contributed by atoms with Crippen LogP contribution in [-0.4, -0.2) is 17.3 Å². The first kappa shape index (κ1) is 17.2. The Morgan fingerprint density at radius 3 is 1.36 bits per heavy atom. The minimum absolute atomic E-state index is 0.192. The molecule has 0 fully saturated rings. The second-order valence-corrected chi connectivity index (χ2v) is 6.42. The fourth-order valence-electron chi connectivity index (χ4n) is 2.56. The standard InChI is InChI=1S/C19H22OS2/c1-13-3-7-15(8-4-13)17(11-21)19(20)18(12-22)16-9-5-14(2)6-10-16/h3-10,17-18,21-22H,11-12H2,1-2H3. The monoisotopic (exact) mass is 330 g/mol. The molecule has 0 aliphatic rings. The predicted octanol–water partition coefficient (Wildman–Crippen LogP) is 4.60. The minimum Gasteiger partial charge on any atom is -0.298 e.